The van der Waals surface area contributed by atoms with E-state index in [2.05, 4.69) is 24.5 Å². The van der Waals surface area contributed by atoms with Crippen molar-refractivity contribution in [1.82, 2.24) is 14.9 Å². The van der Waals surface area contributed by atoms with Crippen molar-refractivity contribution in [3.8, 4) is 0 Å². The summed E-state index contributed by atoms with van der Waals surface area (Å²) in [5, 5.41) is 0.987. The summed E-state index contributed by atoms with van der Waals surface area (Å²) in [6.45, 7) is 4.56. The molecule has 0 atom stereocenters. The monoisotopic (exact) mass is 395 g/mol. The van der Waals surface area contributed by atoms with Crippen LogP contribution < -0.4 is 9.62 Å². The Morgan fingerprint density at radius 2 is 1.88 bits per heavy atom. The van der Waals surface area contributed by atoms with Gasteiger partial charge in [-0.25, -0.2) is 13.4 Å². The lowest BCUT2D eigenvalue weighted by molar-refractivity contribution is 0.141. The van der Waals surface area contributed by atoms with E-state index in [1.165, 1.54) is 51.4 Å². The normalized spacial score (nSPS) is 20.6. The van der Waals surface area contributed by atoms with E-state index >= 15 is 0 Å². The van der Waals surface area contributed by atoms with Crippen molar-refractivity contribution in [3.63, 3.8) is 0 Å². The van der Waals surface area contributed by atoms with Gasteiger partial charge in [-0.1, -0.05) is 17.8 Å². The molecular weight excluding hydrogens is 370 g/mol. The highest BCUT2D eigenvalue weighted by Crippen LogP contribution is 2.32. The van der Waals surface area contributed by atoms with Crippen LogP contribution in [0.25, 0.3) is 10.3 Å². The van der Waals surface area contributed by atoms with Crippen LogP contribution in [-0.2, 0) is 10.0 Å². The third-order valence-corrected chi connectivity index (χ3v) is 6.84. The topological polar surface area (TPSA) is 78.4 Å². The minimum atomic E-state index is -3.30. The van der Waals surface area contributed by atoms with Crippen LogP contribution in [0.3, 0.4) is 0 Å². The van der Waals surface area contributed by atoms with Gasteiger partial charge in [0.05, 0.1) is 22.8 Å². The first kappa shape index (κ1) is 17.9. The molecular formula is C17H25N5O2S2. The van der Waals surface area contributed by atoms with Gasteiger partial charge in [0, 0.05) is 19.1 Å². The van der Waals surface area contributed by atoms with E-state index in [0.29, 0.717) is 17.4 Å². The van der Waals surface area contributed by atoms with Gasteiger partial charge in [-0.15, -0.1) is 0 Å². The van der Waals surface area contributed by atoms with Gasteiger partial charge < -0.3 is 9.80 Å². The fourth-order valence-corrected chi connectivity index (χ4v) is 5.47. The Morgan fingerprint density at radius 3 is 2.58 bits per heavy atom. The van der Waals surface area contributed by atoms with Crippen molar-refractivity contribution in [2.24, 2.45) is 0 Å². The summed E-state index contributed by atoms with van der Waals surface area (Å²) in [5.41, 5.74) is 1.17. The van der Waals surface area contributed by atoms with Gasteiger partial charge in [0.15, 0.2) is 10.8 Å². The Bertz CT molecular complexity index is 868. The van der Waals surface area contributed by atoms with E-state index < -0.39 is 10.0 Å². The molecule has 2 aromatic heterocycles. The predicted molar refractivity (Wildman–Crippen MR) is 107 cm³/mol. The van der Waals surface area contributed by atoms with Crippen LogP contribution in [0, 0.1) is 0 Å². The number of rotatable bonds is 4. The summed E-state index contributed by atoms with van der Waals surface area (Å²) in [7, 11) is -3.30. The Balaban J connectivity index is 1.44. The zero-order valence-corrected chi connectivity index (χ0v) is 16.7. The molecule has 0 bridgehead atoms. The molecule has 0 aliphatic carbocycles. The number of pyridine rings is 1. The number of thiazole rings is 1. The van der Waals surface area contributed by atoms with Gasteiger partial charge >= 0.3 is 0 Å². The summed E-state index contributed by atoms with van der Waals surface area (Å²) < 4.78 is 26.2. The largest absolute Gasteiger partial charge is 0.348 e. The number of hydrogen-bond acceptors (Lipinski definition) is 7. The third kappa shape index (κ3) is 4.10. The van der Waals surface area contributed by atoms with Crippen molar-refractivity contribution in [1.29, 1.82) is 0 Å². The highest BCUT2D eigenvalue weighted by molar-refractivity contribution is 7.92. The van der Waals surface area contributed by atoms with Crippen LogP contribution in [0.15, 0.2) is 12.3 Å². The molecule has 26 heavy (non-hydrogen) atoms. The molecule has 2 aliphatic heterocycles. The number of piperidine rings is 2. The standard InChI is InChI=1S/C17H25N5O2S2/c1-26(23,24)20-13-11-15-16(18-12-13)19-17(25-15)22-9-5-14(6-10-22)21-7-3-2-4-8-21/h11-12,14,20H,2-10H2,1H3. The minimum Gasteiger partial charge on any atom is -0.348 e. The highest BCUT2D eigenvalue weighted by Gasteiger charge is 2.26. The molecule has 0 amide bonds. The van der Waals surface area contributed by atoms with Crippen LogP contribution in [0.5, 0.6) is 0 Å². The Labute approximate surface area is 158 Å². The van der Waals surface area contributed by atoms with Crippen LogP contribution in [-0.4, -0.2) is 61.8 Å². The van der Waals surface area contributed by atoms with Crippen LogP contribution in [0.2, 0.25) is 0 Å². The van der Waals surface area contributed by atoms with E-state index in [1.54, 1.807) is 11.3 Å². The Hall–Kier alpha value is -1.45. The lowest BCUT2D eigenvalue weighted by atomic mass is 10.0. The van der Waals surface area contributed by atoms with Crippen molar-refractivity contribution < 1.29 is 8.42 Å². The number of likely N-dealkylation sites (tertiary alicyclic amines) is 1. The van der Waals surface area contributed by atoms with E-state index in [-0.39, 0.29) is 0 Å². The third-order valence-electron chi connectivity index (χ3n) is 5.18. The number of nitrogens with one attached hydrogen (secondary N) is 1. The molecule has 0 saturated carbocycles. The first-order valence-electron chi connectivity index (χ1n) is 9.21. The zero-order chi connectivity index (χ0) is 18.1. The lowest BCUT2D eigenvalue weighted by Gasteiger charge is -2.40. The second-order valence-electron chi connectivity index (χ2n) is 7.23. The predicted octanol–water partition coefficient (Wildman–Crippen LogP) is 2.52. The van der Waals surface area contributed by atoms with Crippen LogP contribution in [0.4, 0.5) is 10.8 Å². The number of anilines is 2. The van der Waals surface area contributed by atoms with Gasteiger partial charge in [-0.05, 0) is 44.8 Å². The number of fused-ring (bicyclic) bond motifs is 1. The number of nitrogens with zero attached hydrogens (tertiary/aromatic N) is 4. The first-order chi connectivity index (χ1) is 12.5. The minimum absolute atomic E-state index is 0.485. The molecule has 9 heteroatoms. The Morgan fingerprint density at radius 1 is 1.15 bits per heavy atom. The first-order valence-corrected chi connectivity index (χ1v) is 11.9. The summed E-state index contributed by atoms with van der Waals surface area (Å²) in [4.78, 5) is 14.0. The summed E-state index contributed by atoms with van der Waals surface area (Å²) in [5.74, 6) is 0. The quantitative estimate of drug-likeness (QED) is 0.857. The van der Waals surface area contributed by atoms with Gasteiger partial charge in [-0.3, -0.25) is 4.72 Å². The molecule has 1 N–H and O–H groups in total. The maximum Gasteiger partial charge on any atom is 0.229 e. The van der Waals surface area contributed by atoms with Crippen LogP contribution in [0.1, 0.15) is 32.1 Å². The van der Waals surface area contributed by atoms with Crippen LogP contribution >= 0.6 is 11.3 Å². The molecule has 2 saturated heterocycles. The molecule has 2 aliphatic rings. The van der Waals surface area contributed by atoms with Gasteiger partial charge in [0.25, 0.3) is 0 Å². The Kier molecular flexibility index (Phi) is 5.02. The number of hydrogen-bond donors (Lipinski definition) is 1. The molecule has 0 radical (unpaired) electrons. The zero-order valence-electron chi connectivity index (χ0n) is 15.0. The highest BCUT2D eigenvalue weighted by atomic mass is 32.2. The summed E-state index contributed by atoms with van der Waals surface area (Å²) in [6.07, 6.45) is 9.09. The van der Waals surface area contributed by atoms with E-state index in [4.69, 9.17) is 0 Å². The lowest BCUT2D eigenvalue weighted by Crippen LogP contribution is -2.46. The van der Waals surface area contributed by atoms with E-state index in [0.717, 1.165) is 29.2 Å². The van der Waals surface area contributed by atoms with Crippen molar-refractivity contribution >= 4 is 42.5 Å². The molecule has 4 heterocycles. The smallest absolute Gasteiger partial charge is 0.229 e. The van der Waals surface area contributed by atoms with Crippen molar-refractivity contribution in [2.45, 2.75) is 38.1 Å². The second-order valence-corrected chi connectivity index (χ2v) is 9.99. The molecule has 2 aromatic rings. The van der Waals surface area contributed by atoms with E-state index in [1.807, 2.05) is 6.07 Å². The molecule has 0 unspecified atom stereocenters. The molecule has 7 nitrogen and oxygen atoms in total. The van der Waals surface area contributed by atoms with Gasteiger partial charge in [-0.2, -0.15) is 4.98 Å². The summed E-state index contributed by atoms with van der Waals surface area (Å²) >= 11 is 1.58. The van der Waals surface area contributed by atoms with Crippen molar-refractivity contribution in [2.75, 3.05) is 42.1 Å². The average molecular weight is 396 g/mol. The SMILES string of the molecule is CS(=O)(=O)Nc1cnc2nc(N3CCC(N4CCCCC4)CC3)sc2c1. The molecule has 2 fully saturated rings. The second kappa shape index (κ2) is 7.28. The van der Waals surface area contributed by atoms with E-state index in [9.17, 15) is 8.42 Å². The fourth-order valence-electron chi connectivity index (χ4n) is 3.92. The van der Waals surface area contributed by atoms with Gasteiger partial charge in [0.1, 0.15) is 0 Å². The van der Waals surface area contributed by atoms with Crippen molar-refractivity contribution in [3.05, 3.63) is 12.3 Å². The maximum absolute atomic E-state index is 11.4. The fraction of sp³-hybridized carbons (Fsp3) is 0.647. The molecule has 0 aromatic carbocycles. The molecule has 0 spiro atoms. The number of sulfonamides is 1. The average Bonchev–Trinajstić information content (AvgIpc) is 3.04. The molecule has 142 valence electrons. The maximum atomic E-state index is 11.4. The number of aromatic nitrogens is 2. The van der Waals surface area contributed by atoms with Gasteiger partial charge in [0.2, 0.25) is 10.0 Å². The molecule has 4 rings (SSSR count). The summed E-state index contributed by atoms with van der Waals surface area (Å²) in [6, 6.07) is 2.52.